The molecule has 5 aromatic rings. The molecule has 3 nitrogen and oxygen atoms in total. The van der Waals surface area contributed by atoms with Crippen LogP contribution in [0, 0.1) is 12.3 Å². The van der Waals surface area contributed by atoms with Gasteiger partial charge in [0.05, 0.1) is 5.71 Å². The number of rotatable bonds is 6. The molecule has 0 amide bonds. The number of para-hydroxylation sites is 2. The number of hydrogen-bond donors (Lipinski definition) is 2. The highest BCUT2D eigenvalue weighted by Gasteiger charge is 2.19. The van der Waals surface area contributed by atoms with E-state index in [1.54, 1.807) is 0 Å². The maximum Gasteiger partial charge on any atom is 0.0540 e. The summed E-state index contributed by atoms with van der Waals surface area (Å²) >= 11 is 0. The van der Waals surface area contributed by atoms with Crippen molar-refractivity contribution in [1.82, 2.24) is 0 Å². The van der Waals surface area contributed by atoms with E-state index in [0.717, 1.165) is 33.9 Å². The minimum Gasteiger partial charge on any atom is -0.388 e. The van der Waals surface area contributed by atoms with Crippen molar-refractivity contribution in [3.8, 4) is 0 Å². The summed E-state index contributed by atoms with van der Waals surface area (Å²) in [6.45, 7) is 2.19. The summed E-state index contributed by atoms with van der Waals surface area (Å²) in [4.78, 5) is 2.29. The van der Waals surface area contributed by atoms with E-state index in [4.69, 9.17) is 5.41 Å². The number of benzene rings is 5. The van der Waals surface area contributed by atoms with Crippen molar-refractivity contribution in [2.24, 2.45) is 0 Å². The van der Waals surface area contributed by atoms with Crippen LogP contribution in [0.3, 0.4) is 0 Å². The van der Waals surface area contributed by atoms with E-state index in [0.29, 0.717) is 5.71 Å². The molecular formula is C37H31N3. The Kier molecular flexibility index (Phi) is 6.86. The van der Waals surface area contributed by atoms with Gasteiger partial charge in [-0.2, -0.15) is 0 Å². The van der Waals surface area contributed by atoms with Gasteiger partial charge in [-0.3, -0.25) is 0 Å². The van der Waals surface area contributed by atoms with Crippen LogP contribution in [0.2, 0.25) is 0 Å². The van der Waals surface area contributed by atoms with Crippen LogP contribution in [0.4, 0.5) is 22.7 Å². The van der Waals surface area contributed by atoms with Gasteiger partial charge in [0.2, 0.25) is 0 Å². The van der Waals surface area contributed by atoms with Crippen molar-refractivity contribution >= 4 is 44.8 Å². The van der Waals surface area contributed by atoms with Gasteiger partial charge in [-0.15, -0.1) is 0 Å². The SMILES string of the molecule is CNc1ccc(C(=C2C=CC(=N)C=C2)c2ccc(N(c3ccccc3)c3ccccc3)cc2C)c2ccccc12. The monoisotopic (exact) mass is 517 g/mol. The van der Waals surface area contributed by atoms with Crippen LogP contribution >= 0.6 is 0 Å². The van der Waals surface area contributed by atoms with E-state index in [-0.39, 0.29) is 0 Å². The van der Waals surface area contributed by atoms with Gasteiger partial charge in [0.15, 0.2) is 0 Å². The van der Waals surface area contributed by atoms with Crippen molar-refractivity contribution in [3.63, 3.8) is 0 Å². The molecule has 1 aliphatic carbocycles. The second kappa shape index (κ2) is 10.9. The Bertz CT molecular complexity index is 1740. The van der Waals surface area contributed by atoms with Crippen LogP contribution in [0.5, 0.6) is 0 Å². The molecule has 0 aliphatic heterocycles. The van der Waals surface area contributed by atoms with Gasteiger partial charge in [-0.1, -0.05) is 84.9 Å². The van der Waals surface area contributed by atoms with E-state index in [2.05, 4.69) is 132 Å². The molecule has 0 saturated carbocycles. The zero-order valence-corrected chi connectivity index (χ0v) is 22.7. The molecule has 194 valence electrons. The van der Waals surface area contributed by atoms with E-state index in [1.807, 2.05) is 31.3 Å². The molecule has 40 heavy (non-hydrogen) atoms. The average molecular weight is 518 g/mol. The number of anilines is 4. The zero-order valence-electron chi connectivity index (χ0n) is 22.7. The number of aryl methyl sites for hydroxylation is 1. The number of hydrogen-bond acceptors (Lipinski definition) is 3. The summed E-state index contributed by atoms with van der Waals surface area (Å²) in [6.07, 6.45) is 7.86. The van der Waals surface area contributed by atoms with E-state index in [1.165, 1.54) is 27.5 Å². The van der Waals surface area contributed by atoms with Crippen LogP contribution in [-0.2, 0) is 0 Å². The third kappa shape index (κ3) is 4.74. The molecule has 5 aromatic carbocycles. The lowest BCUT2D eigenvalue weighted by molar-refractivity contribution is 1.26. The highest BCUT2D eigenvalue weighted by atomic mass is 15.1. The summed E-state index contributed by atoms with van der Waals surface area (Å²) < 4.78 is 0. The predicted octanol–water partition coefficient (Wildman–Crippen LogP) is 9.61. The van der Waals surface area contributed by atoms with Crippen molar-refractivity contribution in [2.45, 2.75) is 6.92 Å². The van der Waals surface area contributed by atoms with Crippen LogP contribution in [-0.4, -0.2) is 12.8 Å². The molecule has 6 rings (SSSR count). The lowest BCUT2D eigenvalue weighted by Gasteiger charge is -2.27. The minimum absolute atomic E-state index is 0.506. The minimum atomic E-state index is 0.506. The molecule has 0 radical (unpaired) electrons. The van der Waals surface area contributed by atoms with Gasteiger partial charge in [0, 0.05) is 35.2 Å². The maximum atomic E-state index is 8.08. The third-order valence-corrected chi connectivity index (χ3v) is 7.40. The van der Waals surface area contributed by atoms with Gasteiger partial charge < -0.3 is 15.6 Å². The Morgan fingerprint density at radius 3 is 1.77 bits per heavy atom. The molecule has 2 N–H and O–H groups in total. The molecule has 0 bridgehead atoms. The fourth-order valence-corrected chi connectivity index (χ4v) is 5.50. The molecule has 0 heterocycles. The Balaban J connectivity index is 1.55. The molecule has 1 aliphatic rings. The van der Waals surface area contributed by atoms with Gasteiger partial charge in [0.1, 0.15) is 0 Å². The number of allylic oxidation sites excluding steroid dienone is 5. The zero-order chi connectivity index (χ0) is 27.5. The number of nitrogens with zero attached hydrogens (tertiary/aromatic N) is 1. The first kappa shape index (κ1) is 25.1. The van der Waals surface area contributed by atoms with E-state index >= 15 is 0 Å². The Labute approximate surface area is 235 Å². The molecule has 0 saturated heterocycles. The first-order valence-electron chi connectivity index (χ1n) is 13.5. The summed E-state index contributed by atoms with van der Waals surface area (Å²) in [6, 6.07) is 40.6. The second-order valence-electron chi connectivity index (χ2n) is 9.91. The maximum absolute atomic E-state index is 8.08. The highest BCUT2D eigenvalue weighted by molar-refractivity contribution is 6.08. The molecule has 0 aromatic heterocycles. The quantitative estimate of drug-likeness (QED) is 0.235. The number of nitrogens with one attached hydrogen (secondary N) is 2. The van der Waals surface area contributed by atoms with Crippen LogP contribution in [0.1, 0.15) is 16.7 Å². The average Bonchev–Trinajstić information content (AvgIpc) is 3.00. The van der Waals surface area contributed by atoms with Crippen molar-refractivity contribution in [3.05, 3.63) is 162 Å². The largest absolute Gasteiger partial charge is 0.388 e. The Morgan fingerprint density at radius 1 is 0.600 bits per heavy atom. The molecule has 3 heteroatoms. The summed E-state index contributed by atoms with van der Waals surface area (Å²) in [5.41, 5.74) is 10.7. The summed E-state index contributed by atoms with van der Waals surface area (Å²) in [7, 11) is 1.97. The van der Waals surface area contributed by atoms with Crippen LogP contribution < -0.4 is 10.2 Å². The van der Waals surface area contributed by atoms with Crippen LogP contribution in [0.15, 0.2) is 145 Å². The fourth-order valence-electron chi connectivity index (χ4n) is 5.50. The smallest absolute Gasteiger partial charge is 0.0540 e. The second-order valence-corrected chi connectivity index (χ2v) is 9.91. The molecular weight excluding hydrogens is 486 g/mol. The molecule has 0 atom stereocenters. The van der Waals surface area contributed by atoms with Crippen LogP contribution in [0.25, 0.3) is 16.3 Å². The van der Waals surface area contributed by atoms with E-state index in [9.17, 15) is 0 Å². The fraction of sp³-hybridized carbons (Fsp3) is 0.0541. The topological polar surface area (TPSA) is 39.1 Å². The van der Waals surface area contributed by atoms with Gasteiger partial charge in [-0.25, -0.2) is 0 Å². The Morgan fingerprint density at radius 2 is 1.18 bits per heavy atom. The molecule has 0 unspecified atom stereocenters. The van der Waals surface area contributed by atoms with Gasteiger partial charge >= 0.3 is 0 Å². The van der Waals surface area contributed by atoms with Gasteiger partial charge in [0.25, 0.3) is 0 Å². The summed E-state index contributed by atoms with van der Waals surface area (Å²) in [5, 5.41) is 13.8. The van der Waals surface area contributed by atoms with Crippen molar-refractivity contribution in [1.29, 1.82) is 5.41 Å². The lowest BCUT2D eigenvalue weighted by Crippen LogP contribution is -2.10. The standard InChI is InChI=1S/C37H31N3/c1-26-25-31(40(29-11-5-3-6-12-29)30-13-7-4-8-14-30)21-22-32(26)37(27-17-19-28(38)20-18-27)35-23-24-36(39-2)34-16-10-9-15-33(34)35/h3-25,38-39H,1-2H3. The molecule has 0 fully saturated rings. The highest BCUT2D eigenvalue weighted by Crippen LogP contribution is 2.40. The van der Waals surface area contributed by atoms with Crippen molar-refractivity contribution < 1.29 is 0 Å². The van der Waals surface area contributed by atoms with Crippen molar-refractivity contribution in [2.75, 3.05) is 17.3 Å². The lowest BCUT2D eigenvalue weighted by atomic mass is 9.85. The number of fused-ring (bicyclic) bond motifs is 1. The Hall–Kier alpha value is -5.15. The molecule has 0 spiro atoms. The predicted molar refractivity (Wildman–Crippen MR) is 171 cm³/mol. The first-order valence-corrected chi connectivity index (χ1v) is 13.5. The van der Waals surface area contributed by atoms with Gasteiger partial charge in [-0.05, 0) is 94.8 Å². The van der Waals surface area contributed by atoms with E-state index < -0.39 is 0 Å². The third-order valence-electron chi connectivity index (χ3n) is 7.40. The first-order chi connectivity index (χ1) is 19.6. The normalized spacial score (nSPS) is 12.6. The summed E-state index contributed by atoms with van der Waals surface area (Å²) in [5.74, 6) is 0.